The van der Waals surface area contributed by atoms with Crippen molar-refractivity contribution in [3.05, 3.63) is 28.2 Å². The van der Waals surface area contributed by atoms with Gasteiger partial charge in [-0.15, -0.1) is 0 Å². The Balaban J connectivity index is 2.46. The molecule has 6 heteroatoms. The molecule has 0 saturated carbocycles. The zero-order valence-corrected chi connectivity index (χ0v) is 13.0. The smallest absolute Gasteiger partial charge is 0.277 e. The average Bonchev–Trinajstić information content (AvgIpc) is 2.30. The first kappa shape index (κ1) is 14.7. The monoisotopic (exact) mass is 338 g/mol. The van der Waals surface area contributed by atoms with Crippen LogP contribution in [0.5, 0.6) is 0 Å². The van der Waals surface area contributed by atoms with Gasteiger partial charge < -0.3 is 0 Å². The molecule has 1 aliphatic rings. The minimum Gasteiger partial charge on any atom is -0.277 e. The Hall–Kier alpha value is -1.69. The number of rotatable bonds is 2. The molecule has 106 valence electrons. The molecule has 5 nitrogen and oxygen atoms in total. The third kappa shape index (κ3) is 2.47. The maximum Gasteiger partial charge on any atom is 0.335 e. The van der Waals surface area contributed by atoms with E-state index >= 15 is 0 Å². The molecule has 0 spiro atoms. The van der Waals surface area contributed by atoms with E-state index in [1.54, 1.807) is 26.0 Å². The van der Waals surface area contributed by atoms with Crippen LogP contribution in [0.1, 0.15) is 19.4 Å². The van der Waals surface area contributed by atoms with Crippen molar-refractivity contribution in [3.8, 4) is 0 Å². The summed E-state index contributed by atoms with van der Waals surface area (Å²) in [6, 6.07) is 4.56. The van der Waals surface area contributed by atoms with E-state index in [0.29, 0.717) is 5.69 Å². The number of nitrogens with one attached hydrogen (secondary N) is 1. The average molecular weight is 339 g/mol. The first-order valence-electron chi connectivity index (χ1n) is 6.28. The summed E-state index contributed by atoms with van der Waals surface area (Å²) in [6.07, 6.45) is 0. The Labute approximate surface area is 125 Å². The van der Waals surface area contributed by atoms with Gasteiger partial charge in [-0.25, -0.2) is 9.69 Å². The number of aryl methyl sites for hydroxylation is 1. The van der Waals surface area contributed by atoms with E-state index in [2.05, 4.69) is 21.2 Å². The van der Waals surface area contributed by atoms with Crippen molar-refractivity contribution in [2.24, 2.45) is 11.8 Å². The number of barbiturate groups is 1. The van der Waals surface area contributed by atoms with Crippen molar-refractivity contribution in [3.63, 3.8) is 0 Å². The van der Waals surface area contributed by atoms with E-state index in [4.69, 9.17) is 0 Å². The molecule has 1 aromatic rings. The maximum atomic E-state index is 12.5. The maximum absolute atomic E-state index is 12.5. The van der Waals surface area contributed by atoms with Gasteiger partial charge in [-0.2, -0.15) is 0 Å². The molecule has 1 heterocycles. The third-order valence-electron chi connectivity index (χ3n) is 3.27. The minimum atomic E-state index is -0.837. The number of hydrogen-bond acceptors (Lipinski definition) is 3. The second-order valence-corrected chi connectivity index (χ2v) is 6.04. The second kappa shape index (κ2) is 5.36. The molecule has 1 aliphatic heterocycles. The Morgan fingerprint density at radius 1 is 1.25 bits per heavy atom. The van der Waals surface area contributed by atoms with E-state index in [0.717, 1.165) is 14.9 Å². The van der Waals surface area contributed by atoms with Gasteiger partial charge in [0.25, 0.3) is 0 Å². The number of urea groups is 1. The summed E-state index contributed by atoms with van der Waals surface area (Å²) in [6.45, 7) is 5.37. The molecular weight excluding hydrogens is 324 g/mol. The zero-order valence-electron chi connectivity index (χ0n) is 11.4. The first-order chi connectivity index (χ1) is 9.32. The highest BCUT2D eigenvalue weighted by Gasteiger charge is 2.43. The van der Waals surface area contributed by atoms with Gasteiger partial charge >= 0.3 is 6.03 Å². The van der Waals surface area contributed by atoms with Crippen molar-refractivity contribution in [1.29, 1.82) is 0 Å². The van der Waals surface area contributed by atoms with Crippen LogP contribution in [-0.2, 0) is 9.59 Å². The summed E-state index contributed by atoms with van der Waals surface area (Å²) in [4.78, 5) is 37.3. The van der Waals surface area contributed by atoms with E-state index in [-0.39, 0.29) is 5.92 Å². The van der Waals surface area contributed by atoms with Crippen LogP contribution in [0.3, 0.4) is 0 Å². The van der Waals surface area contributed by atoms with E-state index in [1.807, 2.05) is 13.0 Å². The first-order valence-corrected chi connectivity index (χ1v) is 7.07. The van der Waals surface area contributed by atoms with E-state index < -0.39 is 23.8 Å². The van der Waals surface area contributed by atoms with Crippen molar-refractivity contribution >= 4 is 39.5 Å². The van der Waals surface area contributed by atoms with Gasteiger partial charge in [-0.1, -0.05) is 29.8 Å². The zero-order chi connectivity index (χ0) is 15.0. The van der Waals surface area contributed by atoms with Gasteiger partial charge in [0.2, 0.25) is 11.8 Å². The third-order valence-corrected chi connectivity index (χ3v) is 3.76. The van der Waals surface area contributed by atoms with Crippen molar-refractivity contribution in [1.82, 2.24) is 5.32 Å². The van der Waals surface area contributed by atoms with Crippen LogP contribution in [0.4, 0.5) is 10.5 Å². The number of imide groups is 2. The number of benzene rings is 1. The molecule has 1 fully saturated rings. The van der Waals surface area contributed by atoms with Crippen molar-refractivity contribution in [2.45, 2.75) is 20.8 Å². The lowest BCUT2D eigenvalue weighted by atomic mass is 9.91. The van der Waals surface area contributed by atoms with Gasteiger partial charge in [-0.05, 0) is 36.6 Å². The van der Waals surface area contributed by atoms with Gasteiger partial charge in [0, 0.05) is 4.47 Å². The number of anilines is 1. The Kier molecular flexibility index (Phi) is 3.94. The van der Waals surface area contributed by atoms with Crippen LogP contribution in [0.25, 0.3) is 0 Å². The van der Waals surface area contributed by atoms with Crippen LogP contribution in [0.15, 0.2) is 22.7 Å². The van der Waals surface area contributed by atoms with Crippen LogP contribution < -0.4 is 10.2 Å². The van der Waals surface area contributed by atoms with Crippen LogP contribution in [0, 0.1) is 18.8 Å². The summed E-state index contributed by atoms with van der Waals surface area (Å²) in [7, 11) is 0. The lowest BCUT2D eigenvalue weighted by Gasteiger charge is -2.32. The van der Waals surface area contributed by atoms with Crippen LogP contribution >= 0.6 is 15.9 Å². The predicted octanol–water partition coefficient (Wildman–Crippen LogP) is 2.61. The highest BCUT2D eigenvalue weighted by Crippen LogP contribution is 2.28. The quantitative estimate of drug-likeness (QED) is 0.843. The molecule has 20 heavy (non-hydrogen) atoms. The van der Waals surface area contributed by atoms with Gasteiger partial charge in [-0.3, -0.25) is 14.9 Å². The number of halogens is 1. The Bertz CT molecular complexity index is 598. The summed E-state index contributed by atoms with van der Waals surface area (Å²) in [5, 5.41) is 2.25. The summed E-state index contributed by atoms with van der Waals surface area (Å²) in [5.41, 5.74) is 1.27. The summed E-state index contributed by atoms with van der Waals surface area (Å²) >= 11 is 3.34. The summed E-state index contributed by atoms with van der Waals surface area (Å²) < 4.78 is 0.861. The van der Waals surface area contributed by atoms with Crippen molar-refractivity contribution in [2.75, 3.05) is 4.90 Å². The summed E-state index contributed by atoms with van der Waals surface area (Å²) in [5.74, 6) is -2.01. The second-order valence-electron chi connectivity index (χ2n) is 5.12. The molecule has 1 aromatic carbocycles. The lowest BCUT2D eigenvalue weighted by Crippen LogP contribution is -2.59. The minimum absolute atomic E-state index is 0.172. The highest BCUT2D eigenvalue weighted by atomic mass is 79.9. The fourth-order valence-electron chi connectivity index (χ4n) is 2.28. The number of amides is 4. The molecule has 4 amide bonds. The number of carbonyl (C=O) groups excluding carboxylic acids is 3. The van der Waals surface area contributed by atoms with Gasteiger partial charge in [0.15, 0.2) is 0 Å². The number of carbonyl (C=O) groups is 3. The molecule has 0 aliphatic carbocycles. The predicted molar refractivity (Wildman–Crippen MR) is 78.2 cm³/mol. The highest BCUT2D eigenvalue weighted by molar-refractivity contribution is 9.10. The Morgan fingerprint density at radius 2 is 1.90 bits per heavy atom. The fraction of sp³-hybridized carbons (Fsp3) is 0.357. The number of nitrogens with zero attached hydrogens (tertiary/aromatic N) is 1. The topological polar surface area (TPSA) is 66.5 Å². The molecule has 0 radical (unpaired) electrons. The van der Waals surface area contributed by atoms with Crippen LogP contribution in [0.2, 0.25) is 0 Å². The largest absolute Gasteiger partial charge is 0.335 e. The molecule has 2 rings (SSSR count). The molecule has 1 unspecified atom stereocenters. The normalized spacial score (nSPS) is 19.6. The molecule has 1 atom stereocenters. The Morgan fingerprint density at radius 3 is 2.45 bits per heavy atom. The lowest BCUT2D eigenvalue weighted by molar-refractivity contribution is -0.136. The molecule has 0 bridgehead atoms. The SMILES string of the molecule is Cc1cc(Br)ccc1N1C(=O)NC(=O)C(C(C)C)C1=O. The van der Waals surface area contributed by atoms with Crippen molar-refractivity contribution < 1.29 is 14.4 Å². The fourth-order valence-corrected chi connectivity index (χ4v) is 2.75. The number of hydrogen-bond donors (Lipinski definition) is 1. The molecule has 1 N–H and O–H groups in total. The van der Waals surface area contributed by atoms with E-state index in [9.17, 15) is 14.4 Å². The van der Waals surface area contributed by atoms with Gasteiger partial charge in [0.05, 0.1) is 5.69 Å². The molecule has 0 aromatic heterocycles. The molecule has 1 saturated heterocycles. The van der Waals surface area contributed by atoms with E-state index in [1.165, 1.54) is 0 Å². The van der Waals surface area contributed by atoms with Crippen LogP contribution in [-0.4, -0.2) is 17.8 Å². The standard InChI is InChI=1S/C14H15BrN2O3/c1-7(2)11-12(18)16-14(20)17(13(11)19)10-5-4-9(15)6-8(10)3/h4-7,11H,1-3H3,(H,16,18,20). The van der Waals surface area contributed by atoms with Gasteiger partial charge in [0.1, 0.15) is 5.92 Å². The molecular formula is C14H15BrN2O3.